The molecule has 250 valence electrons. The third-order valence-electron chi connectivity index (χ3n) is 8.80. The van der Waals surface area contributed by atoms with E-state index in [1.54, 1.807) is 0 Å². The molecular formula is C37H51N9O. The summed E-state index contributed by atoms with van der Waals surface area (Å²) in [5, 5.41) is 6.81. The Kier molecular flexibility index (Phi) is 11.5. The maximum atomic E-state index is 13.8. The number of rotatable bonds is 11. The largest absolute Gasteiger partial charge is 0.344 e. The van der Waals surface area contributed by atoms with Crippen LogP contribution in [-0.4, -0.2) is 80.9 Å². The summed E-state index contributed by atoms with van der Waals surface area (Å²) in [7, 11) is 2.01. The Balaban J connectivity index is 0.00000213. The molecule has 10 heteroatoms. The van der Waals surface area contributed by atoms with Gasteiger partial charge in [-0.15, -0.1) is 0 Å². The monoisotopic (exact) mass is 637 g/mol. The normalized spacial score (nSPS) is 16.7. The Morgan fingerprint density at radius 3 is 2.13 bits per heavy atom. The SMILES string of the molecule is CC.CCCNCc1ncc(-c2ccc(-c3ccc(-c4cnc(C5CCCN5C(=O)C(NC5=NCCN5C)C(C)C)[nH]4)cc3)cc2)[nH]1. The van der Waals surface area contributed by atoms with Crippen molar-refractivity contribution in [2.24, 2.45) is 10.9 Å². The van der Waals surface area contributed by atoms with Gasteiger partial charge in [0.05, 0.1) is 42.9 Å². The predicted molar refractivity (Wildman–Crippen MR) is 191 cm³/mol. The number of likely N-dealkylation sites (N-methyl/N-ethyl adjacent to an activating group) is 1. The van der Waals surface area contributed by atoms with Gasteiger partial charge in [0.15, 0.2) is 5.96 Å². The quantitative estimate of drug-likeness (QED) is 0.145. The number of imidazole rings is 2. The first-order valence-corrected chi connectivity index (χ1v) is 17.2. The van der Waals surface area contributed by atoms with Crippen molar-refractivity contribution in [3.63, 3.8) is 0 Å². The van der Waals surface area contributed by atoms with Gasteiger partial charge in [-0.1, -0.05) is 83.1 Å². The van der Waals surface area contributed by atoms with Gasteiger partial charge in [0.2, 0.25) is 5.91 Å². The van der Waals surface area contributed by atoms with E-state index in [4.69, 9.17) is 4.98 Å². The summed E-state index contributed by atoms with van der Waals surface area (Å²) in [6.45, 7) is 14.4. The lowest BCUT2D eigenvalue weighted by atomic mass is 10.0. The Morgan fingerprint density at radius 2 is 1.53 bits per heavy atom. The summed E-state index contributed by atoms with van der Waals surface area (Å²) in [5.41, 5.74) is 6.46. The highest BCUT2D eigenvalue weighted by atomic mass is 16.2. The number of benzene rings is 2. The summed E-state index contributed by atoms with van der Waals surface area (Å²) >= 11 is 0. The fourth-order valence-corrected chi connectivity index (χ4v) is 6.15. The Hall–Kier alpha value is -4.44. The van der Waals surface area contributed by atoms with Crippen molar-refractivity contribution in [1.29, 1.82) is 0 Å². The number of aromatic nitrogens is 4. The summed E-state index contributed by atoms with van der Waals surface area (Å²) in [6.07, 6.45) is 6.75. The molecule has 47 heavy (non-hydrogen) atoms. The first kappa shape index (κ1) is 33.9. The maximum absolute atomic E-state index is 13.8. The number of H-pyrrole nitrogens is 2. The molecule has 0 bridgehead atoms. The zero-order chi connectivity index (χ0) is 33.3. The maximum Gasteiger partial charge on any atom is 0.246 e. The molecule has 1 saturated heterocycles. The third kappa shape index (κ3) is 7.93. The van der Waals surface area contributed by atoms with E-state index in [2.05, 4.69) is 105 Å². The van der Waals surface area contributed by atoms with Crippen molar-refractivity contribution in [3.05, 3.63) is 72.6 Å². The number of nitrogens with one attached hydrogen (secondary N) is 4. The number of aromatic amines is 2. The molecule has 1 fully saturated rings. The molecule has 0 spiro atoms. The molecule has 4 aromatic rings. The Bertz CT molecular complexity index is 1600. The number of nitrogens with zero attached hydrogens (tertiary/aromatic N) is 5. The minimum atomic E-state index is -0.328. The zero-order valence-electron chi connectivity index (χ0n) is 28.8. The first-order valence-electron chi connectivity index (χ1n) is 17.2. The van der Waals surface area contributed by atoms with Crippen LogP contribution in [-0.2, 0) is 11.3 Å². The van der Waals surface area contributed by atoms with Crippen molar-refractivity contribution in [3.8, 4) is 33.6 Å². The molecule has 4 N–H and O–H groups in total. The van der Waals surface area contributed by atoms with Crippen molar-refractivity contribution in [2.45, 2.75) is 72.5 Å². The lowest BCUT2D eigenvalue weighted by molar-refractivity contribution is -0.135. The van der Waals surface area contributed by atoms with E-state index in [9.17, 15) is 4.79 Å². The molecule has 2 aromatic heterocycles. The van der Waals surface area contributed by atoms with E-state index in [0.29, 0.717) is 0 Å². The van der Waals surface area contributed by atoms with E-state index in [1.165, 1.54) is 0 Å². The van der Waals surface area contributed by atoms with Crippen molar-refractivity contribution in [1.82, 2.24) is 40.4 Å². The molecule has 6 rings (SSSR count). The minimum Gasteiger partial charge on any atom is -0.344 e. The molecule has 1 amide bonds. The minimum absolute atomic E-state index is 0.0612. The van der Waals surface area contributed by atoms with E-state index in [0.717, 1.165) is 103 Å². The molecule has 0 aliphatic carbocycles. The second kappa shape index (κ2) is 15.9. The van der Waals surface area contributed by atoms with Crippen LogP contribution in [0.25, 0.3) is 33.6 Å². The lowest BCUT2D eigenvalue weighted by Gasteiger charge is -2.31. The van der Waals surface area contributed by atoms with Crippen LogP contribution in [0, 0.1) is 5.92 Å². The molecule has 0 radical (unpaired) electrons. The van der Waals surface area contributed by atoms with Crippen molar-refractivity contribution < 1.29 is 4.79 Å². The fraction of sp³-hybridized carbons (Fsp3) is 0.459. The van der Waals surface area contributed by atoms with Crippen molar-refractivity contribution >= 4 is 11.9 Å². The number of aliphatic imine (C=N–C) groups is 1. The van der Waals surface area contributed by atoms with E-state index in [-0.39, 0.29) is 23.9 Å². The average molecular weight is 638 g/mol. The van der Waals surface area contributed by atoms with Gasteiger partial charge in [0, 0.05) is 20.1 Å². The third-order valence-corrected chi connectivity index (χ3v) is 8.80. The number of amides is 1. The molecule has 2 unspecified atom stereocenters. The van der Waals surface area contributed by atoms with Gasteiger partial charge in [0.25, 0.3) is 0 Å². The number of hydrogen-bond donors (Lipinski definition) is 4. The molecule has 2 aliphatic heterocycles. The highest BCUT2D eigenvalue weighted by Crippen LogP contribution is 2.33. The average Bonchev–Trinajstić information content (AvgIpc) is 3.92. The van der Waals surface area contributed by atoms with Gasteiger partial charge in [-0.05, 0) is 54.0 Å². The summed E-state index contributed by atoms with van der Waals surface area (Å²) < 4.78 is 0. The second-order valence-corrected chi connectivity index (χ2v) is 12.4. The number of hydrogen-bond acceptors (Lipinski definition) is 7. The van der Waals surface area contributed by atoms with Gasteiger partial charge in [-0.25, -0.2) is 9.97 Å². The molecule has 0 saturated carbocycles. The fourth-order valence-electron chi connectivity index (χ4n) is 6.15. The summed E-state index contributed by atoms with van der Waals surface area (Å²) in [4.78, 5) is 38.6. The van der Waals surface area contributed by atoms with Crippen molar-refractivity contribution in [2.75, 3.05) is 33.2 Å². The topological polar surface area (TPSA) is 117 Å². The summed E-state index contributed by atoms with van der Waals surface area (Å²) in [5.74, 6) is 2.84. The molecule has 2 aliphatic rings. The standard InChI is InChI=1S/C35H45N9O.C2H6/c1-5-16-36-22-31-38-20-28(40-31)26-12-8-24(9-13-26)25-10-14-27(15-11-25)29-21-39-33(41-29)30-7-6-18-44(30)34(45)32(23(2)3)42-35-37-17-19-43(35)4;1-2/h8-15,20-21,23,30,32,36H,5-7,16-19,22H2,1-4H3,(H,37,42)(H,38,40)(H,39,41);1-2H3. The molecule has 4 heterocycles. The molecule has 2 aromatic carbocycles. The number of carbonyl (C=O) groups excluding carboxylic acids is 1. The van der Waals surface area contributed by atoms with E-state index >= 15 is 0 Å². The van der Waals surface area contributed by atoms with Gasteiger partial charge in [-0.2, -0.15) is 0 Å². The van der Waals surface area contributed by atoms with Crippen LogP contribution in [0.2, 0.25) is 0 Å². The van der Waals surface area contributed by atoms with Gasteiger partial charge < -0.3 is 30.4 Å². The second-order valence-electron chi connectivity index (χ2n) is 12.4. The Labute approximate surface area is 279 Å². The van der Waals surface area contributed by atoms with Crippen LogP contribution in [0.3, 0.4) is 0 Å². The molecule has 2 atom stereocenters. The van der Waals surface area contributed by atoms with Crippen LogP contribution >= 0.6 is 0 Å². The Morgan fingerprint density at radius 1 is 0.915 bits per heavy atom. The predicted octanol–water partition coefficient (Wildman–Crippen LogP) is 6.24. The first-order chi connectivity index (χ1) is 22.9. The van der Waals surface area contributed by atoms with Crippen LogP contribution in [0.4, 0.5) is 0 Å². The van der Waals surface area contributed by atoms with Crippen LogP contribution in [0.5, 0.6) is 0 Å². The van der Waals surface area contributed by atoms with Crippen LogP contribution in [0.1, 0.15) is 71.6 Å². The summed E-state index contributed by atoms with van der Waals surface area (Å²) in [6, 6.07) is 16.7. The smallest absolute Gasteiger partial charge is 0.246 e. The number of likely N-dealkylation sites (tertiary alicyclic amines) is 1. The van der Waals surface area contributed by atoms with E-state index < -0.39 is 0 Å². The van der Waals surface area contributed by atoms with Gasteiger partial charge in [-0.3, -0.25) is 9.79 Å². The highest BCUT2D eigenvalue weighted by molar-refractivity contribution is 5.90. The van der Waals surface area contributed by atoms with Gasteiger partial charge in [0.1, 0.15) is 17.7 Å². The number of carbonyl (C=O) groups is 1. The lowest BCUT2D eigenvalue weighted by Crippen LogP contribution is -2.53. The van der Waals surface area contributed by atoms with E-state index in [1.807, 2.05) is 38.2 Å². The zero-order valence-corrected chi connectivity index (χ0v) is 28.8. The van der Waals surface area contributed by atoms with Gasteiger partial charge >= 0.3 is 0 Å². The number of guanidine groups is 1. The van der Waals surface area contributed by atoms with Crippen LogP contribution in [0.15, 0.2) is 65.9 Å². The molecule has 10 nitrogen and oxygen atoms in total. The highest BCUT2D eigenvalue weighted by Gasteiger charge is 2.37. The molecular weight excluding hydrogens is 586 g/mol. The van der Waals surface area contributed by atoms with Crippen LogP contribution < -0.4 is 10.6 Å².